The molecule has 0 fully saturated rings. The van der Waals surface area contributed by atoms with E-state index in [1.54, 1.807) is 6.07 Å². The van der Waals surface area contributed by atoms with E-state index in [2.05, 4.69) is 49.0 Å². The second-order valence-corrected chi connectivity index (χ2v) is 10.7. The predicted molar refractivity (Wildman–Crippen MR) is 128 cm³/mol. The first kappa shape index (κ1) is 23.4. The van der Waals surface area contributed by atoms with Gasteiger partial charge in [-0.25, -0.2) is 8.42 Å². The summed E-state index contributed by atoms with van der Waals surface area (Å²) in [4.78, 5) is 10.6. The Hall–Kier alpha value is -2.71. The summed E-state index contributed by atoms with van der Waals surface area (Å²) in [6.45, 7) is 10.0. The predicted octanol–water partition coefficient (Wildman–Crippen LogP) is 4.76. The summed E-state index contributed by atoms with van der Waals surface area (Å²) < 4.78 is 39.7. The molecule has 2 heterocycles. The smallest absolute Gasteiger partial charge is 0.303 e. The van der Waals surface area contributed by atoms with Gasteiger partial charge in [-0.15, -0.1) is 0 Å². The monoisotopic (exact) mass is 470 g/mol. The van der Waals surface area contributed by atoms with E-state index < -0.39 is 16.1 Å². The Morgan fingerprint density at radius 3 is 2.45 bits per heavy atom. The lowest BCUT2D eigenvalue weighted by Gasteiger charge is -2.16. The molecular formula is C25H30N2O5S. The van der Waals surface area contributed by atoms with Crippen LogP contribution in [0.15, 0.2) is 35.2 Å². The number of aryl methyl sites for hydroxylation is 1. The standard InChI is InChI=1S/C25H30N2O5S/c1-5-26-19-11-10-17(33(30,31)32)15-18(19)23-20(26)12-13-21-24(23)25(3,4)16(2)27(21)14-8-6-7-9-22(28)29/h10-13,15H,5-9,14H2,1-4H3,(H-,28,29,30,31,32). The summed E-state index contributed by atoms with van der Waals surface area (Å²) in [5.41, 5.74) is 5.09. The molecule has 1 aliphatic heterocycles. The summed E-state index contributed by atoms with van der Waals surface area (Å²) in [6.07, 6.45) is 2.57. The number of carbonyl (C=O) groups is 1. The molecule has 33 heavy (non-hydrogen) atoms. The highest BCUT2D eigenvalue weighted by Crippen LogP contribution is 2.47. The third kappa shape index (κ3) is 3.85. The van der Waals surface area contributed by atoms with Crippen LogP contribution in [0.3, 0.4) is 0 Å². The molecule has 0 amide bonds. The van der Waals surface area contributed by atoms with Gasteiger partial charge in [0.2, 0.25) is 5.69 Å². The van der Waals surface area contributed by atoms with Gasteiger partial charge in [0, 0.05) is 59.7 Å². The normalized spacial score (nSPS) is 15.5. The van der Waals surface area contributed by atoms with Crippen LogP contribution in [0.5, 0.6) is 0 Å². The van der Waals surface area contributed by atoms with E-state index in [1.165, 1.54) is 17.8 Å². The van der Waals surface area contributed by atoms with E-state index in [9.17, 15) is 17.8 Å². The van der Waals surface area contributed by atoms with Crippen molar-refractivity contribution < 1.29 is 27.4 Å². The minimum atomic E-state index is -4.57. The van der Waals surface area contributed by atoms with Gasteiger partial charge in [0.25, 0.3) is 0 Å². The van der Waals surface area contributed by atoms with Crippen LogP contribution in [-0.4, -0.2) is 45.4 Å². The number of aromatic nitrogens is 1. The molecule has 0 aliphatic carbocycles. The van der Waals surface area contributed by atoms with Crippen LogP contribution in [0, 0.1) is 0 Å². The van der Waals surface area contributed by atoms with Crippen LogP contribution in [0.2, 0.25) is 0 Å². The molecule has 0 unspecified atom stereocenters. The van der Waals surface area contributed by atoms with Gasteiger partial charge >= 0.3 is 5.97 Å². The molecule has 1 N–H and O–H groups in total. The number of unbranched alkanes of at least 4 members (excludes halogenated alkanes) is 2. The number of carboxylic acids is 1. The SMILES string of the molecule is CCn1c2ccc(S(=O)(=O)[O-])cc2c2c3c(ccc21)[N+](CCCCCC(=O)O)=C(C)C3(C)C. The Balaban J connectivity index is 1.88. The van der Waals surface area contributed by atoms with Crippen molar-refractivity contribution >= 4 is 49.3 Å². The zero-order valence-electron chi connectivity index (χ0n) is 19.5. The average Bonchev–Trinajstić information content (AvgIpc) is 3.16. The molecular weight excluding hydrogens is 440 g/mol. The van der Waals surface area contributed by atoms with Crippen molar-refractivity contribution in [1.82, 2.24) is 4.57 Å². The number of benzene rings is 2. The fourth-order valence-electron chi connectivity index (χ4n) is 5.22. The second-order valence-electron chi connectivity index (χ2n) is 9.30. The minimum absolute atomic E-state index is 0.187. The summed E-state index contributed by atoms with van der Waals surface area (Å²) in [6, 6.07) is 8.85. The zero-order chi connectivity index (χ0) is 24.1. The maximum atomic E-state index is 11.8. The van der Waals surface area contributed by atoms with E-state index in [1.807, 2.05) is 0 Å². The first-order valence-corrected chi connectivity index (χ1v) is 12.8. The van der Waals surface area contributed by atoms with Gasteiger partial charge in [0.1, 0.15) is 16.7 Å². The highest BCUT2D eigenvalue weighted by molar-refractivity contribution is 7.85. The van der Waals surface area contributed by atoms with Crippen molar-refractivity contribution in [2.24, 2.45) is 0 Å². The summed E-state index contributed by atoms with van der Waals surface area (Å²) in [7, 11) is -4.57. The number of hydrogen-bond donors (Lipinski definition) is 1. The van der Waals surface area contributed by atoms with Gasteiger partial charge in [0.05, 0.1) is 10.3 Å². The van der Waals surface area contributed by atoms with Gasteiger partial charge in [-0.3, -0.25) is 4.79 Å². The fourth-order valence-corrected chi connectivity index (χ4v) is 5.72. The molecule has 1 aliphatic rings. The third-order valence-corrected chi connectivity index (χ3v) is 7.91. The summed E-state index contributed by atoms with van der Waals surface area (Å²) in [5, 5.41) is 10.6. The second kappa shape index (κ2) is 8.25. The number of carboxylic acid groups (broad SMARTS) is 1. The number of rotatable bonds is 8. The summed E-state index contributed by atoms with van der Waals surface area (Å²) >= 11 is 0. The molecule has 3 aromatic rings. The van der Waals surface area contributed by atoms with Crippen molar-refractivity contribution in [1.29, 1.82) is 0 Å². The molecule has 4 rings (SSSR count). The van der Waals surface area contributed by atoms with Crippen LogP contribution in [0.25, 0.3) is 21.8 Å². The van der Waals surface area contributed by atoms with Crippen molar-refractivity contribution in [3.63, 3.8) is 0 Å². The molecule has 8 heteroatoms. The first-order chi connectivity index (χ1) is 15.5. The molecule has 2 aromatic carbocycles. The van der Waals surface area contributed by atoms with Gasteiger partial charge in [-0.05, 0) is 57.9 Å². The maximum Gasteiger partial charge on any atom is 0.303 e. The van der Waals surface area contributed by atoms with Crippen molar-refractivity contribution in [2.45, 2.75) is 70.2 Å². The molecule has 0 bridgehead atoms. The van der Waals surface area contributed by atoms with Crippen LogP contribution >= 0.6 is 0 Å². The summed E-state index contributed by atoms with van der Waals surface area (Å²) in [5.74, 6) is -0.764. The highest BCUT2D eigenvalue weighted by atomic mass is 32.2. The van der Waals surface area contributed by atoms with Crippen LogP contribution in [0.1, 0.15) is 58.9 Å². The van der Waals surface area contributed by atoms with Gasteiger partial charge in [-0.1, -0.05) is 0 Å². The first-order valence-electron chi connectivity index (χ1n) is 11.4. The number of nitrogens with zero attached hydrogens (tertiary/aromatic N) is 2. The molecule has 0 saturated heterocycles. The zero-order valence-corrected chi connectivity index (χ0v) is 20.3. The van der Waals surface area contributed by atoms with Crippen molar-refractivity contribution in [2.75, 3.05) is 6.54 Å². The van der Waals surface area contributed by atoms with E-state index in [-0.39, 0.29) is 16.7 Å². The van der Waals surface area contributed by atoms with Crippen LogP contribution in [-0.2, 0) is 26.9 Å². The molecule has 0 spiro atoms. The minimum Gasteiger partial charge on any atom is -0.744 e. The van der Waals surface area contributed by atoms with Crippen LogP contribution in [0.4, 0.5) is 5.69 Å². The lowest BCUT2D eigenvalue weighted by molar-refractivity contribution is -0.439. The number of hydrogen-bond acceptors (Lipinski definition) is 4. The molecule has 7 nitrogen and oxygen atoms in total. The Bertz CT molecular complexity index is 1410. The van der Waals surface area contributed by atoms with Crippen molar-refractivity contribution in [3.8, 4) is 0 Å². The molecule has 0 saturated carbocycles. The van der Waals surface area contributed by atoms with E-state index in [0.717, 1.165) is 59.0 Å². The number of aliphatic carboxylic acids is 1. The van der Waals surface area contributed by atoms with E-state index in [0.29, 0.717) is 6.42 Å². The quantitative estimate of drug-likeness (QED) is 0.290. The molecule has 1 aromatic heterocycles. The highest BCUT2D eigenvalue weighted by Gasteiger charge is 2.45. The number of fused-ring (bicyclic) bond motifs is 5. The Kier molecular flexibility index (Phi) is 5.87. The topological polar surface area (TPSA) is 102 Å². The van der Waals surface area contributed by atoms with Gasteiger partial charge in [-0.2, -0.15) is 4.58 Å². The lowest BCUT2D eigenvalue weighted by Crippen LogP contribution is -2.26. The van der Waals surface area contributed by atoms with E-state index >= 15 is 0 Å². The average molecular weight is 471 g/mol. The largest absolute Gasteiger partial charge is 0.744 e. The Morgan fingerprint density at radius 2 is 1.82 bits per heavy atom. The Labute approximate surface area is 194 Å². The van der Waals surface area contributed by atoms with E-state index in [4.69, 9.17) is 5.11 Å². The molecule has 176 valence electrons. The fraction of sp³-hybridized carbons (Fsp3) is 0.440. The van der Waals surface area contributed by atoms with Crippen molar-refractivity contribution in [3.05, 3.63) is 35.9 Å². The lowest BCUT2D eigenvalue weighted by atomic mass is 9.80. The third-order valence-electron chi connectivity index (χ3n) is 7.08. The van der Waals surface area contributed by atoms with Gasteiger partial charge in [0.15, 0.2) is 5.71 Å². The van der Waals surface area contributed by atoms with Crippen LogP contribution < -0.4 is 0 Å². The Morgan fingerprint density at radius 1 is 1.12 bits per heavy atom. The maximum absolute atomic E-state index is 11.8. The molecule has 0 radical (unpaired) electrons. The van der Waals surface area contributed by atoms with Gasteiger partial charge < -0.3 is 14.2 Å². The molecule has 0 atom stereocenters.